The number of nitrogens with two attached hydrogens (primary N) is 1. The van der Waals surface area contributed by atoms with Crippen LogP contribution in [0.25, 0.3) is 33.2 Å². The first-order valence-corrected chi connectivity index (χ1v) is 16.4. The van der Waals surface area contributed by atoms with Gasteiger partial charge in [-0.2, -0.15) is 5.10 Å². The third-order valence-electron chi connectivity index (χ3n) is 9.73. The van der Waals surface area contributed by atoms with E-state index in [1.165, 1.54) is 12.4 Å². The molecule has 0 unspecified atom stereocenters. The number of rotatable bonds is 11. The molecular formula is C35H43FN8O2. The number of aromatic amines is 1. The van der Waals surface area contributed by atoms with Crippen LogP contribution in [-0.4, -0.2) is 100 Å². The number of hydrogen-bond acceptors (Lipinski definition) is 8. The van der Waals surface area contributed by atoms with Crippen molar-refractivity contribution in [2.24, 2.45) is 0 Å². The molecule has 1 saturated heterocycles. The van der Waals surface area contributed by atoms with Crippen LogP contribution in [0.15, 0.2) is 54.9 Å². The van der Waals surface area contributed by atoms with Crippen LogP contribution in [0.2, 0.25) is 0 Å². The van der Waals surface area contributed by atoms with Crippen molar-refractivity contribution in [3.05, 3.63) is 71.9 Å². The summed E-state index contributed by atoms with van der Waals surface area (Å²) in [4.78, 5) is 17.6. The number of benzene rings is 2. The van der Waals surface area contributed by atoms with E-state index in [9.17, 15) is 4.39 Å². The molecule has 0 bridgehead atoms. The average Bonchev–Trinajstić information content (AvgIpc) is 3.68. The van der Waals surface area contributed by atoms with Gasteiger partial charge in [0.05, 0.1) is 31.2 Å². The summed E-state index contributed by atoms with van der Waals surface area (Å²) in [7, 11) is 1.70. The van der Waals surface area contributed by atoms with Crippen molar-refractivity contribution in [1.29, 1.82) is 0 Å². The van der Waals surface area contributed by atoms with E-state index in [4.69, 9.17) is 20.3 Å². The maximum absolute atomic E-state index is 14.3. The number of methoxy groups -OCH3 is 1. The largest absolute Gasteiger partial charge is 0.383 e. The van der Waals surface area contributed by atoms with Gasteiger partial charge in [0.25, 0.3) is 0 Å². The van der Waals surface area contributed by atoms with Crippen molar-refractivity contribution >= 4 is 27.8 Å². The fraction of sp³-hybridized carbons (Fsp3) is 0.457. The summed E-state index contributed by atoms with van der Waals surface area (Å²) in [6.45, 7) is 7.45. The van der Waals surface area contributed by atoms with Crippen LogP contribution in [0.5, 0.6) is 0 Å². The van der Waals surface area contributed by atoms with Crippen LogP contribution in [0.4, 0.5) is 10.2 Å². The molecule has 2 aromatic carbocycles. The molecule has 5 aromatic rings. The van der Waals surface area contributed by atoms with Gasteiger partial charge in [-0.15, -0.1) is 0 Å². The van der Waals surface area contributed by atoms with Crippen LogP contribution in [0.1, 0.15) is 43.0 Å². The van der Waals surface area contributed by atoms with E-state index in [0.29, 0.717) is 37.1 Å². The number of nitrogens with zero attached hydrogens (tertiary/aromatic N) is 6. The zero-order valence-corrected chi connectivity index (χ0v) is 26.5. The third kappa shape index (κ3) is 6.50. The number of nitrogen functional groups attached to an aromatic ring is 1. The van der Waals surface area contributed by atoms with E-state index in [1.54, 1.807) is 13.2 Å². The summed E-state index contributed by atoms with van der Waals surface area (Å²) >= 11 is 0. The van der Waals surface area contributed by atoms with Gasteiger partial charge in [0.15, 0.2) is 5.65 Å². The maximum Gasteiger partial charge on any atom is 0.164 e. The molecule has 46 heavy (non-hydrogen) atoms. The van der Waals surface area contributed by atoms with E-state index < -0.39 is 0 Å². The molecular weight excluding hydrogens is 583 g/mol. The number of halogens is 1. The summed E-state index contributed by atoms with van der Waals surface area (Å²) < 4.78 is 27.1. The quantitative estimate of drug-likeness (QED) is 0.196. The van der Waals surface area contributed by atoms with Gasteiger partial charge in [-0.1, -0.05) is 24.3 Å². The summed E-state index contributed by atoms with van der Waals surface area (Å²) in [5.74, 6) is 0.248. The summed E-state index contributed by atoms with van der Waals surface area (Å²) in [6.07, 6.45) is 6.42. The lowest BCUT2D eigenvalue weighted by Gasteiger charge is -2.42. The van der Waals surface area contributed by atoms with Crippen molar-refractivity contribution in [2.45, 2.75) is 44.2 Å². The Morgan fingerprint density at radius 1 is 0.935 bits per heavy atom. The Kier molecular flexibility index (Phi) is 9.25. The monoisotopic (exact) mass is 626 g/mol. The van der Waals surface area contributed by atoms with E-state index in [1.807, 2.05) is 12.1 Å². The zero-order valence-electron chi connectivity index (χ0n) is 26.5. The van der Waals surface area contributed by atoms with Gasteiger partial charge in [-0.05, 0) is 55.5 Å². The molecule has 0 atom stereocenters. The summed E-state index contributed by atoms with van der Waals surface area (Å²) in [6, 6.07) is 16.1. The van der Waals surface area contributed by atoms with E-state index in [2.05, 4.69) is 53.7 Å². The SMILES string of the molecule is COCCOCCN1CCN(C2CCC(n3nc(-c4ccc5[nH]c(Cc6ccccc6F)cc5c4)c4c(N)ncnc43)CC2)CC1. The molecule has 0 spiro atoms. The first kappa shape index (κ1) is 30.7. The van der Waals surface area contributed by atoms with Crippen molar-refractivity contribution < 1.29 is 13.9 Å². The minimum absolute atomic E-state index is 0.193. The fourth-order valence-corrected chi connectivity index (χ4v) is 7.19. The standard InChI is InChI=1S/C35H43FN8O2/c1-45-18-19-46-17-16-42-12-14-43(15-13-42)28-7-9-29(10-8-28)44-35-32(34(37)38-23-39-35)33(41-44)25-6-11-31-26(20-25)22-27(40-31)21-24-4-2-3-5-30(24)36/h2-6,11,20,22-23,28-29,40H,7-10,12-19,21H2,1H3,(H2,37,38,39). The third-order valence-corrected chi connectivity index (χ3v) is 9.73. The molecule has 1 saturated carbocycles. The molecule has 0 radical (unpaired) electrons. The zero-order chi connectivity index (χ0) is 31.5. The Bertz CT molecular complexity index is 1770. The molecule has 10 nitrogen and oxygen atoms in total. The lowest BCUT2D eigenvalue weighted by atomic mass is 9.90. The average molecular weight is 627 g/mol. The van der Waals surface area contributed by atoms with Crippen molar-refractivity contribution in [2.75, 3.05) is 65.4 Å². The Morgan fingerprint density at radius 3 is 2.54 bits per heavy atom. The van der Waals surface area contributed by atoms with Gasteiger partial charge in [0.1, 0.15) is 23.7 Å². The molecule has 0 amide bonds. The van der Waals surface area contributed by atoms with E-state index in [-0.39, 0.29) is 11.9 Å². The van der Waals surface area contributed by atoms with Gasteiger partial charge in [-0.25, -0.2) is 19.0 Å². The normalized spacial score (nSPS) is 19.8. The number of H-pyrrole nitrogens is 1. The van der Waals surface area contributed by atoms with Crippen LogP contribution < -0.4 is 5.73 Å². The highest BCUT2D eigenvalue weighted by atomic mass is 19.1. The first-order chi connectivity index (χ1) is 22.6. The molecule has 1 aliphatic carbocycles. The van der Waals surface area contributed by atoms with Crippen LogP contribution in [0.3, 0.4) is 0 Å². The lowest BCUT2D eigenvalue weighted by Crippen LogP contribution is -2.51. The second-order valence-corrected chi connectivity index (χ2v) is 12.6. The topological polar surface area (TPSA) is 110 Å². The second kappa shape index (κ2) is 13.8. The van der Waals surface area contributed by atoms with E-state index in [0.717, 1.165) is 104 Å². The maximum atomic E-state index is 14.3. The minimum atomic E-state index is -0.193. The number of aromatic nitrogens is 5. The number of anilines is 1. The Balaban J connectivity index is 1.04. The Hall–Kier alpha value is -3.90. The van der Waals surface area contributed by atoms with Crippen LogP contribution in [-0.2, 0) is 15.9 Å². The Labute approximate surface area is 268 Å². The highest BCUT2D eigenvalue weighted by molar-refractivity contribution is 6.00. The molecule has 7 rings (SSSR count). The molecule has 11 heteroatoms. The van der Waals surface area contributed by atoms with Crippen molar-refractivity contribution in [1.82, 2.24) is 34.5 Å². The molecule has 2 fully saturated rings. The first-order valence-electron chi connectivity index (χ1n) is 16.4. The van der Waals surface area contributed by atoms with Gasteiger partial charge >= 0.3 is 0 Å². The Morgan fingerprint density at radius 2 is 1.74 bits per heavy atom. The number of nitrogens with one attached hydrogen (secondary N) is 1. The molecule has 3 N–H and O–H groups in total. The fourth-order valence-electron chi connectivity index (χ4n) is 7.19. The smallest absolute Gasteiger partial charge is 0.164 e. The van der Waals surface area contributed by atoms with Crippen LogP contribution in [0, 0.1) is 5.82 Å². The second-order valence-electron chi connectivity index (χ2n) is 12.6. The highest BCUT2D eigenvalue weighted by Gasteiger charge is 2.31. The van der Waals surface area contributed by atoms with Gasteiger partial charge in [0, 0.05) is 74.5 Å². The predicted octanol–water partition coefficient (Wildman–Crippen LogP) is 5.05. The summed E-state index contributed by atoms with van der Waals surface area (Å²) in [5, 5.41) is 7.01. The number of piperazine rings is 1. The molecule has 1 aliphatic heterocycles. The lowest BCUT2D eigenvalue weighted by molar-refractivity contribution is 0.0338. The molecule has 2 aliphatic rings. The molecule has 3 aromatic heterocycles. The minimum Gasteiger partial charge on any atom is -0.383 e. The van der Waals surface area contributed by atoms with Crippen LogP contribution >= 0.6 is 0 Å². The van der Waals surface area contributed by atoms with Crippen molar-refractivity contribution in [3.8, 4) is 11.3 Å². The number of fused-ring (bicyclic) bond motifs is 2. The molecule has 4 heterocycles. The van der Waals surface area contributed by atoms with Gasteiger partial charge in [-0.3, -0.25) is 9.80 Å². The number of hydrogen-bond donors (Lipinski definition) is 2. The van der Waals surface area contributed by atoms with Crippen molar-refractivity contribution in [3.63, 3.8) is 0 Å². The molecule has 242 valence electrons. The van der Waals surface area contributed by atoms with Gasteiger partial charge in [0.2, 0.25) is 0 Å². The number of ether oxygens (including phenoxy) is 2. The predicted molar refractivity (Wildman–Crippen MR) is 178 cm³/mol. The van der Waals surface area contributed by atoms with Gasteiger partial charge < -0.3 is 20.2 Å². The summed E-state index contributed by atoms with van der Waals surface area (Å²) in [5.41, 5.74) is 11.6. The highest BCUT2D eigenvalue weighted by Crippen LogP contribution is 2.38. The van der Waals surface area contributed by atoms with E-state index >= 15 is 0 Å².